The number of nitrogens with zero attached hydrogens (tertiary/aromatic N) is 1. The highest BCUT2D eigenvalue weighted by molar-refractivity contribution is 5.51. The third-order valence-corrected chi connectivity index (χ3v) is 2.93. The summed E-state index contributed by atoms with van der Waals surface area (Å²) in [5, 5.41) is 0. The van der Waals surface area contributed by atoms with Crippen LogP contribution in [0, 0.1) is 0 Å². The summed E-state index contributed by atoms with van der Waals surface area (Å²) in [6.07, 6.45) is 3.03. The van der Waals surface area contributed by atoms with Crippen molar-refractivity contribution in [3.8, 4) is 5.75 Å². The average Bonchev–Trinajstić information content (AvgIpc) is 2.76. The third-order valence-electron chi connectivity index (χ3n) is 2.93. The molecule has 3 nitrogen and oxygen atoms in total. The van der Waals surface area contributed by atoms with Gasteiger partial charge in [0.2, 0.25) is 6.41 Å². The lowest BCUT2D eigenvalue weighted by Gasteiger charge is -2.22. The van der Waals surface area contributed by atoms with E-state index in [2.05, 4.69) is 0 Å². The molecule has 0 spiro atoms. The lowest BCUT2D eigenvalue weighted by molar-refractivity contribution is -0.118. The van der Waals surface area contributed by atoms with E-state index in [0.717, 1.165) is 37.1 Å². The molecule has 1 fully saturated rings. The summed E-state index contributed by atoms with van der Waals surface area (Å²) in [5.41, 5.74) is 1.12. The third kappa shape index (κ3) is 1.82. The number of carbonyl (C=O) groups excluding carboxylic acids is 1. The molecular formula is C12H15NO2. The minimum Gasteiger partial charge on any atom is -0.496 e. The van der Waals surface area contributed by atoms with Gasteiger partial charge in [-0.2, -0.15) is 0 Å². The average molecular weight is 205 g/mol. The van der Waals surface area contributed by atoms with Crippen LogP contribution in [0.5, 0.6) is 5.75 Å². The fourth-order valence-electron chi connectivity index (χ4n) is 2.19. The summed E-state index contributed by atoms with van der Waals surface area (Å²) in [6.45, 7) is 0.853. The molecule has 0 bridgehead atoms. The molecule has 15 heavy (non-hydrogen) atoms. The first-order chi connectivity index (χ1) is 7.36. The highest BCUT2D eigenvalue weighted by Gasteiger charge is 2.26. The Hall–Kier alpha value is -1.51. The van der Waals surface area contributed by atoms with E-state index in [1.54, 1.807) is 7.11 Å². The van der Waals surface area contributed by atoms with Crippen LogP contribution in [-0.2, 0) is 4.79 Å². The van der Waals surface area contributed by atoms with Gasteiger partial charge in [0.1, 0.15) is 5.75 Å². The number of hydrogen-bond acceptors (Lipinski definition) is 2. The molecule has 1 aliphatic rings. The van der Waals surface area contributed by atoms with Gasteiger partial charge < -0.3 is 9.64 Å². The molecule has 1 unspecified atom stereocenters. The van der Waals surface area contributed by atoms with Crippen molar-refractivity contribution in [2.24, 2.45) is 0 Å². The molecule has 0 aromatic heterocycles. The summed E-state index contributed by atoms with van der Waals surface area (Å²) in [6, 6.07) is 8.10. The Morgan fingerprint density at radius 1 is 1.47 bits per heavy atom. The molecule has 3 heteroatoms. The normalized spacial score (nSPS) is 20.3. The molecule has 1 heterocycles. The molecule has 1 atom stereocenters. The predicted octanol–water partition coefficient (Wildman–Crippen LogP) is 1.99. The number of methoxy groups -OCH3 is 1. The summed E-state index contributed by atoms with van der Waals surface area (Å²) >= 11 is 0. The maximum Gasteiger partial charge on any atom is 0.210 e. The van der Waals surface area contributed by atoms with Crippen LogP contribution < -0.4 is 4.74 Å². The largest absolute Gasteiger partial charge is 0.496 e. The smallest absolute Gasteiger partial charge is 0.210 e. The second-order valence-corrected chi connectivity index (χ2v) is 3.74. The zero-order valence-corrected chi connectivity index (χ0v) is 8.85. The van der Waals surface area contributed by atoms with Gasteiger partial charge in [-0.15, -0.1) is 0 Å². The molecule has 80 valence electrons. The molecular weight excluding hydrogens is 190 g/mol. The number of carbonyl (C=O) groups is 1. The minimum absolute atomic E-state index is 0.193. The van der Waals surface area contributed by atoms with E-state index in [9.17, 15) is 4.79 Å². The fraction of sp³-hybridized carbons (Fsp3) is 0.417. The van der Waals surface area contributed by atoms with E-state index in [1.165, 1.54) is 0 Å². The monoisotopic (exact) mass is 205 g/mol. The minimum atomic E-state index is 0.193. The maximum atomic E-state index is 10.9. The van der Waals surface area contributed by atoms with Crippen molar-refractivity contribution in [2.45, 2.75) is 18.9 Å². The van der Waals surface area contributed by atoms with E-state index in [1.807, 2.05) is 29.2 Å². The van der Waals surface area contributed by atoms with Crippen molar-refractivity contribution >= 4 is 6.41 Å². The van der Waals surface area contributed by atoms with Crippen LogP contribution in [0.1, 0.15) is 24.4 Å². The van der Waals surface area contributed by atoms with Crippen molar-refractivity contribution in [1.29, 1.82) is 0 Å². The van der Waals surface area contributed by atoms with Crippen LogP contribution in [0.15, 0.2) is 24.3 Å². The van der Waals surface area contributed by atoms with Crippen molar-refractivity contribution in [2.75, 3.05) is 13.7 Å². The molecule has 1 aromatic rings. The van der Waals surface area contributed by atoms with E-state index in [0.29, 0.717) is 0 Å². The molecule has 0 radical (unpaired) electrons. The summed E-state index contributed by atoms with van der Waals surface area (Å²) < 4.78 is 5.31. The number of para-hydroxylation sites is 1. The number of amides is 1. The van der Waals surface area contributed by atoms with Crippen LogP contribution in [0.2, 0.25) is 0 Å². The van der Waals surface area contributed by atoms with Crippen LogP contribution in [0.4, 0.5) is 0 Å². The first kappa shape index (κ1) is 10.0. The molecule has 1 aromatic carbocycles. The van der Waals surface area contributed by atoms with Gasteiger partial charge in [0.15, 0.2) is 0 Å². The van der Waals surface area contributed by atoms with Gasteiger partial charge in [-0.1, -0.05) is 18.2 Å². The molecule has 0 aliphatic carbocycles. The van der Waals surface area contributed by atoms with Crippen LogP contribution >= 0.6 is 0 Å². The van der Waals surface area contributed by atoms with Gasteiger partial charge in [0.25, 0.3) is 0 Å². The Balaban J connectivity index is 2.31. The number of hydrogen-bond donors (Lipinski definition) is 0. The van der Waals surface area contributed by atoms with Crippen LogP contribution in [0.3, 0.4) is 0 Å². The van der Waals surface area contributed by atoms with Gasteiger partial charge in [0.05, 0.1) is 13.2 Å². The Morgan fingerprint density at radius 3 is 3.00 bits per heavy atom. The SMILES string of the molecule is COc1ccccc1C1CCCN1C=O. The lowest BCUT2D eigenvalue weighted by Crippen LogP contribution is -2.21. The van der Waals surface area contributed by atoms with Crippen molar-refractivity contribution < 1.29 is 9.53 Å². The zero-order chi connectivity index (χ0) is 10.7. The molecule has 1 amide bonds. The Labute approximate surface area is 89.7 Å². The molecule has 1 aliphatic heterocycles. The van der Waals surface area contributed by atoms with E-state index < -0.39 is 0 Å². The number of rotatable bonds is 3. The first-order valence-electron chi connectivity index (χ1n) is 5.20. The van der Waals surface area contributed by atoms with E-state index in [4.69, 9.17) is 4.74 Å². The van der Waals surface area contributed by atoms with Crippen molar-refractivity contribution in [1.82, 2.24) is 4.90 Å². The summed E-state index contributed by atoms with van der Waals surface area (Å²) in [5.74, 6) is 0.872. The van der Waals surface area contributed by atoms with E-state index in [-0.39, 0.29) is 6.04 Å². The molecule has 1 saturated heterocycles. The number of benzene rings is 1. The standard InChI is InChI=1S/C12H15NO2/c1-15-12-7-3-2-5-10(12)11-6-4-8-13(11)9-14/h2-3,5,7,9,11H,4,6,8H2,1H3. The predicted molar refractivity (Wildman–Crippen MR) is 57.7 cm³/mol. The van der Waals surface area contributed by atoms with E-state index >= 15 is 0 Å². The molecule has 0 saturated carbocycles. The maximum absolute atomic E-state index is 10.9. The Morgan fingerprint density at radius 2 is 2.27 bits per heavy atom. The van der Waals surface area contributed by atoms with Gasteiger partial charge in [0, 0.05) is 12.1 Å². The van der Waals surface area contributed by atoms with Crippen molar-refractivity contribution in [3.63, 3.8) is 0 Å². The lowest BCUT2D eigenvalue weighted by atomic mass is 10.0. The number of ether oxygens (including phenoxy) is 1. The van der Waals surface area contributed by atoms with Gasteiger partial charge in [-0.3, -0.25) is 4.79 Å². The van der Waals surface area contributed by atoms with Gasteiger partial charge in [-0.25, -0.2) is 0 Å². The highest BCUT2D eigenvalue weighted by Crippen LogP contribution is 2.35. The highest BCUT2D eigenvalue weighted by atomic mass is 16.5. The van der Waals surface area contributed by atoms with Crippen molar-refractivity contribution in [3.05, 3.63) is 29.8 Å². The molecule has 2 rings (SSSR count). The molecule has 0 N–H and O–H groups in total. The second kappa shape index (κ2) is 4.34. The zero-order valence-electron chi connectivity index (χ0n) is 8.85. The fourth-order valence-corrected chi connectivity index (χ4v) is 2.19. The number of likely N-dealkylation sites (tertiary alicyclic amines) is 1. The van der Waals surface area contributed by atoms with Gasteiger partial charge in [-0.05, 0) is 18.9 Å². The van der Waals surface area contributed by atoms with Crippen LogP contribution in [-0.4, -0.2) is 25.0 Å². The quantitative estimate of drug-likeness (QED) is 0.706. The van der Waals surface area contributed by atoms with Crippen LogP contribution in [0.25, 0.3) is 0 Å². The Kier molecular flexibility index (Phi) is 2.90. The second-order valence-electron chi connectivity index (χ2n) is 3.74. The van der Waals surface area contributed by atoms with Gasteiger partial charge >= 0.3 is 0 Å². The first-order valence-corrected chi connectivity index (χ1v) is 5.20. The Bertz CT molecular complexity index is 351. The topological polar surface area (TPSA) is 29.5 Å². The summed E-state index contributed by atoms with van der Waals surface area (Å²) in [7, 11) is 1.67. The summed E-state index contributed by atoms with van der Waals surface area (Å²) in [4.78, 5) is 12.7.